The molecular formula is C10H11BrS. The van der Waals surface area contributed by atoms with Crippen molar-refractivity contribution in [3.63, 3.8) is 0 Å². The van der Waals surface area contributed by atoms with Crippen molar-refractivity contribution in [2.24, 2.45) is 5.92 Å². The van der Waals surface area contributed by atoms with Crippen LogP contribution in [0.4, 0.5) is 0 Å². The molecule has 0 radical (unpaired) electrons. The molecule has 0 aliphatic heterocycles. The van der Waals surface area contributed by atoms with Crippen LogP contribution < -0.4 is 0 Å². The molecule has 0 bridgehead atoms. The van der Waals surface area contributed by atoms with Gasteiger partial charge in [-0.2, -0.15) is 0 Å². The summed E-state index contributed by atoms with van der Waals surface area (Å²) in [5.74, 6) is 2.31. The third-order valence-corrected chi connectivity index (χ3v) is 3.70. The van der Waals surface area contributed by atoms with Crippen molar-refractivity contribution >= 4 is 27.7 Å². The van der Waals surface area contributed by atoms with Crippen LogP contribution >= 0.6 is 27.7 Å². The quantitative estimate of drug-likeness (QED) is 0.724. The molecule has 2 rings (SSSR count). The van der Waals surface area contributed by atoms with Gasteiger partial charge in [-0.1, -0.05) is 22.0 Å². The Morgan fingerprint density at radius 2 is 2.25 bits per heavy atom. The van der Waals surface area contributed by atoms with Crippen LogP contribution in [0.5, 0.6) is 0 Å². The summed E-state index contributed by atoms with van der Waals surface area (Å²) in [5.41, 5.74) is 0. The molecule has 0 heterocycles. The number of rotatable bonds is 3. The molecule has 0 unspecified atom stereocenters. The average Bonchev–Trinajstić information content (AvgIpc) is 2.84. The topological polar surface area (TPSA) is 0 Å². The van der Waals surface area contributed by atoms with E-state index in [9.17, 15) is 0 Å². The smallest absolute Gasteiger partial charge is 0.0186 e. The van der Waals surface area contributed by atoms with Gasteiger partial charge in [0, 0.05) is 15.1 Å². The van der Waals surface area contributed by atoms with E-state index in [1.165, 1.54) is 28.0 Å². The van der Waals surface area contributed by atoms with Crippen LogP contribution in [0.25, 0.3) is 0 Å². The molecule has 1 aromatic rings. The van der Waals surface area contributed by atoms with Crippen LogP contribution in [0.3, 0.4) is 0 Å². The van der Waals surface area contributed by atoms with Gasteiger partial charge < -0.3 is 0 Å². The Morgan fingerprint density at radius 3 is 2.92 bits per heavy atom. The first kappa shape index (κ1) is 8.64. The summed E-state index contributed by atoms with van der Waals surface area (Å²) < 4.78 is 1.18. The summed E-state index contributed by atoms with van der Waals surface area (Å²) in [4.78, 5) is 1.39. The fourth-order valence-electron chi connectivity index (χ4n) is 1.06. The van der Waals surface area contributed by atoms with Crippen molar-refractivity contribution in [3.8, 4) is 0 Å². The van der Waals surface area contributed by atoms with Gasteiger partial charge in [0.05, 0.1) is 0 Å². The molecule has 1 aromatic carbocycles. The van der Waals surface area contributed by atoms with Crippen molar-refractivity contribution in [2.75, 3.05) is 5.75 Å². The number of halogens is 1. The summed E-state index contributed by atoms with van der Waals surface area (Å²) >= 11 is 5.45. The van der Waals surface area contributed by atoms with Crippen LogP contribution in [-0.4, -0.2) is 5.75 Å². The molecule has 0 saturated heterocycles. The van der Waals surface area contributed by atoms with Gasteiger partial charge in [0.2, 0.25) is 0 Å². The normalized spacial score (nSPS) is 16.4. The van der Waals surface area contributed by atoms with Crippen molar-refractivity contribution < 1.29 is 0 Å². The lowest BCUT2D eigenvalue weighted by atomic mass is 10.4. The van der Waals surface area contributed by atoms with Gasteiger partial charge in [-0.15, -0.1) is 11.8 Å². The Labute approximate surface area is 85.9 Å². The molecule has 0 atom stereocenters. The van der Waals surface area contributed by atoms with Crippen molar-refractivity contribution in [2.45, 2.75) is 17.7 Å². The summed E-state index contributed by atoms with van der Waals surface area (Å²) in [7, 11) is 0. The summed E-state index contributed by atoms with van der Waals surface area (Å²) in [6.07, 6.45) is 2.89. The third kappa shape index (κ3) is 2.53. The zero-order chi connectivity index (χ0) is 8.39. The zero-order valence-corrected chi connectivity index (χ0v) is 9.20. The fraction of sp³-hybridized carbons (Fsp3) is 0.400. The van der Waals surface area contributed by atoms with Crippen LogP contribution in [-0.2, 0) is 0 Å². The summed E-state index contributed by atoms with van der Waals surface area (Å²) in [6.45, 7) is 0. The van der Waals surface area contributed by atoms with E-state index in [-0.39, 0.29) is 0 Å². The van der Waals surface area contributed by atoms with E-state index < -0.39 is 0 Å². The van der Waals surface area contributed by atoms with Crippen LogP contribution in [0.2, 0.25) is 0 Å². The lowest BCUT2D eigenvalue weighted by Crippen LogP contribution is -1.80. The van der Waals surface area contributed by atoms with E-state index in [4.69, 9.17) is 0 Å². The Hall–Kier alpha value is 0.0500. The van der Waals surface area contributed by atoms with Crippen molar-refractivity contribution in [1.29, 1.82) is 0 Å². The largest absolute Gasteiger partial charge is 0.126 e. The minimum Gasteiger partial charge on any atom is -0.126 e. The Bertz CT molecular complexity index is 268. The van der Waals surface area contributed by atoms with E-state index in [0.29, 0.717) is 0 Å². The minimum atomic E-state index is 1.01. The zero-order valence-electron chi connectivity index (χ0n) is 6.79. The molecule has 0 nitrogen and oxygen atoms in total. The number of thioether (sulfide) groups is 1. The van der Waals surface area contributed by atoms with E-state index in [1.54, 1.807) is 0 Å². The van der Waals surface area contributed by atoms with E-state index in [0.717, 1.165) is 5.92 Å². The van der Waals surface area contributed by atoms with Gasteiger partial charge in [-0.05, 0) is 37.0 Å². The van der Waals surface area contributed by atoms with E-state index >= 15 is 0 Å². The first-order chi connectivity index (χ1) is 5.84. The second kappa shape index (κ2) is 3.84. The Morgan fingerprint density at radius 1 is 1.42 bits per heavy atom. The monoisotopic (exact) mass is 242 g/mol. The molecule has 1 aliphatic rings. The lowest BCUT2D eigenvalue weighted by molar-refractivity contribution is 1.000. The van der Waals surface area contributed by atoms with Gasteiger partial charge in [0.25, 0.3) is 0 Å². The van der Waals surface area contributed by atoms with Crippen molar-refractivity contribution in [1.82, 2.24) is 0 Å². The lowest BCUT2D eigenvalue weighted by Gasteiger charge is -1.99. The molecule has 1 aliphatic carbocycles. The minimum absolute atomic E-state index is 1.01. The third-order valence-electron chi connectivity index (χ3n) is 1.98. The maximum atomic E-state index is 3.47. The SMILES string of the molecule is Brc1cccc(SCC2CC2)c1. The predicted octanol–water partition coefficient (Wildman–Crippen LogP) is 3.95. The molecule has 0 aromatic heterocycles. The highest BCUT2D eigenvalue weighted by molar-refractivity contribution is 9.10. The molecule has 0 spiro atoms. The molecule has 2 heteroatoms. The van der Waals surface area contributed by atoms with E-state index in [2.05, 4.69) is 40.2 Å². The maximum absolute atomic E-state index is 3.47. The first-order valence-electron chi connectivity index (χ1n) is 4.23. The number of benzene rings is 1. The Kier molecular flexibility index (Phi) is 2.76. The second-order valence-electron chi connectivity index (χ2n) is 3.21. The highest BCUT2D eigenvalue weighted by Crippen LogP contribution is 2.35. The molecule has 1 saturated carbocycles. The highest BCUT2D eigenvalue weighted by Gasteiger charge is 2.20. The Balaban J connectivity index is 1.92. The van der Waals surface area contributed by atoms with Crippen LogP contribution in [0.1, 0.15) is 12.8 Å². The molecule has 0 amide bonds. The van der Waals surface area contributed by atoms with Gasteiger partial charge in [0.15, 0.2) is 0 Å². The standard InChI is InChI=1S/C10H11BrS/c11-9-2-1-3-10(6-9)12-7-8-4-5-8/h1-3,6,8H,4-5,7H2. The highest BCUT2D eigenvalue weighted by atomic mass is 79.9. The average molecular weight is 243 g/mol. The molecule has 64 valence electrons. The van der Waals surface area contributed by atoms with E-state index in [1.807, 2.05) is 11.8 Å². The van der Waals surface area contributed by atoms with Crippen LogP contribution in [0.15, 0.2) is 33.6 Å². The molecular weight excluding hydrogens is 232 g/mol. The van der Waals surface area contributed by atoms with Gasteiger partial charge in [-0.3, -0.25) is 0 Å². The predicted molar refractivity (Wildman–Crippen MR) is 57.6 cm³/mol. The molecule has 0 N–H and O–H groups in total. The van der Waals surface area contributed by atoms with Gasteiger partial charge >= 0.3 is 0 Å². The molecule has 1 fully saturated rings. The van der Waals surface area contributed by atoms with Crippen LogP contribution in [0, 0.1) is 5.92 Å². The second-order valence-corrected chi connectivity index (χ2v) is 5.22. The maximum Gasteiger partial charge on any atom is 0.0186 e. The first-order valence-corrected chi connectivity index (χ1v) is 6.01. The van der Waals surface area contributed by atoms with Crippen molar-refractivity contribution in [3.05, 3.63) is 28.7 Å². The summed E-state index contributed by atoms with van der Waals surface area (Å²) in [5, 5.41) is 0. The number of hydrogen-bond donors (Lipinski definition) is 0. The summed E-state index contributed by atoms with van der Waals surface area (Å²) in [6, 6.07) is 8.53. The van der Waals surface area contributed by atoms with Gasteiger partial charge in [-0.25, -0.2) is 0 Å². The fourth-order valence-corrected chi connectivity index (χ4v) is 2.75. The number of hydrogen-bond acceptors (Lipinski definition) is 1. The molecule has 12 heavy (non-hydrogen) atoms. The van der Waals surface area contributed by atoms with Gasteiger partial charge in [0.1, 0.15) is 0 Å².